The molecular weight excluding hydrogens is 202 g/mol. The minimum absolute atomic E-state index is 0.0925. The third-order valence-corrected chi connectivity index (χ3v) is 3.00. The van der Waals surface area contributed by atoms with Crippen molar-refractivity contribution in [2.24, 2.45) is 0 Å². The molecule has 0 saturated carbocycles. The van der Waals surface area contributed by atoms with Crippen LogP contribution in [0.4, 0.5) is 4.79 Å². The lowest BCUT2D eigenvalue weighted by Crippen LogP contribution is -2.37. The zero-order valence-corrected chi connectivity index (χ0v) is 9.88. The van der Waals surface area contributed by atoms with Crippen LogP contribution in [0.3, 0.4) is 0 Å². The smallest absolute Gasteiger partial charge is 0.411 e. The Morgan fingerprint density at radius 2 is 1.88 bits per heavy atom. The Morgan fingerprint density at radius 1 is 1.25 bits per heavy atom. The van der Waals surface area contributed by atoms with Crippen molar-refractivity contribution in [1.29, 1.82) is 0 Å². The standard InChI is InChI=1S/C13H17NO2/c1-9(2)14-10(3)12(16-13(14)15)11-7-5-4-6-8-11/h4-10,12H,1-3H3/t10-,12-/m1/s1. The maximum absolute atomic E-state index is 11.7. The molecule has 0 unspecified atom stereocenters. The van der Waals surface area contributed by atoms with Crippen LogP contribution < -0.4 is 0 Å². The molecule has 1 aromatic rings. The van der Waals surface area contributed by atoms with E-state index in [-0.39, 0.29) is 24.3 Å². The number of rotatable bonds is 2. The van der Waals surface area contributed by atoms with Crippen LogP contribution in [0, 0.1) is 0 Å². The second-order valence-corrected chi connectivity index (χ2v) is 4.46. The van der Waals surface area contributed by atoms with E-state index in [1.807, 2.05) is 51.1 Å². The van der Waals surface area contributed by atoms with Gasteiger partial charge in [0.2, 0.25) is 0 Å². The van der Waals surface area contributed by atoms with Gasteiger partial charge in [0, 0.05) is 6.04 Å². The Hall–Kier alpha value is -1.51. The third kappa shape index (κ3) is 1.77. The van der Waals surface area contributed by atoms with E-state index in [1.54, 1.807) is 4.90 Å². The summed E-state index contributed by atoms with van der Waals surface area (Å²) in [6.45, 7) is 6.04. The number of amides is 1. The molecule has 1 aliphatic rings. The second-order valence-electron chi connectivity index (χ2n) is 4.46. The van der Waals surface area contributed by atoms with Crippen molar-refractivity contribution >= 4 is 6.09 Å². The molecule has 2 atom stereocenters. The van der Waals surface area contributed by atoms with Crippen LogP contribution in [0.2, 0.25) is 0 Å². The molecule has 3 nitrogen and oxygen atoms in total. The Balaban J connectivity index is 2.24. The highest BCUT2D eigenvalue weighted by Gasteiger charge is 2.40. The lowest BCUT2D eigenvalue weighted by molar-refractivity contribution is 0.129. The zero-order valence-electron chi connectivity index (χ0n) is 9.88. The van der Waals surface area contributed by atoms with Gasteiger partial charge in [-0.2, -0.15) is 0 Å². The largest absolute Gasteiger partial charge is 0.439 e. The molecule has 1 aliphatic heterocycles. The number of cyclic esters (lactones) is 1. The highest BCUT2D eigenvalue weighted by atomic mass is 16.6. The lowest BCUT2D eigenvalue weighted by atomic mass is 10.0. The van der Waals surface area contributed by atoms with Crippen molar-refractivity contribution in [3.63, 3.8) is 0 Å². The van der Waals surface area contributed by atoms with Crippen molar-refractivity contribution < 1.29 is 9.53 Å². The van der Waals surface area contributed by atoms with Crippen LogP contribution in [-0.4, -0.2) is 23.1 Å². The van der Waals surface area contributed by atoms with Gasteiger partial charge in [-0.05, 0) is 26.3 Å². The fourth-order valence-electron chi connectivity index (χ4n) is 2.25. The number of nitrogens with zero attached hydrogens (tertiary/aromatic N) is 1. The monoisotopic (exact) mass is 219 g/mol. The van der Waals surface area contributed by atoms with Crippen molar-refractivity contribution in [2.45, 2.75) is 39.0 Å². The van der Waals surface area contributed by atoms with E-state index in [0.717, 1.165) is 5.56 Å². The second kappa shape index (κ2) is 4.16. The summed E-state index contributed by atoms with van der Waals surface area (Å²) in [5.74, 6) is 0. The minimum Gasteiger partial charge on any atom is -0.439 e. The Kier molecular flexibility index (Phi) is 2.86. The molecule has 1 aromatic carbocycles. The first-order valence-corrected chi connectivity index (χ1v) is 5.65. The first-order valence-electron chi connectivity index (χ1n) is 5.65. The van der Waals surface area contributed by atoms with Gasteiger partial charge >= 0.3 is 6.09 Å². The van der Waals surface area contributed by atoms with Gasteiger partial charge < -0.3 is 4.74 Å². The molecule has 1 fully saturated rings. The van der Waals surface area contributed by atoms with E-state index >= 15 is 0 Å². The molecule has 0 aromatic heterocycles. The number of hydrogen-bond donors (Lipinski definition) is 0. The summed E-state index contributed by atoms with van der Waals surface area (Å²) in [5.41, 5.74) is 1.06. The van der Waals surface area contributed by atoms with Gasteiger partial charge in [-0.3, -0.25) is 4.90 Å². The van der Waals surface area contributed by atoms with Gasteiger partial charge in [-0.15, -0.1) is 0 Å². The van der Waals surface area contributed by atoms with Crippen molar-refractivity contribution in [1.82, 2.24) is 4.90 Å². The number of carbonyl (C=O) groups excluding carboxylic acids is 1. The van der Waals surface area contributed by atoms with Gasteiger partial charge in [0.05, 0.1) is 6.04 Å². The fraction of sp³-hybridized carbons (Fsp3) is 0.462. The lowest BCUT2D eigenvalue weighted by Gasteiger charge is -2.24. The van der Waals surface area contributed by atoms with E-state index in [2.05, 4.69) is 0 Å². The quantitative estimate of drug-likeness (QED) is 0.765. The van der Waals surface area contributed by atoms with Crippen molar-refractivity contribution in [2.75, 3.05) is 0 Å². The molecule has 0 radical (unpaired) electrons. The molecule has 0 aliphatic carbocycles. The average molecular weight is 219 g/mol. The van der Waals surface area contributed by atoms with E-state index < -0.39 is 0 Å². The van der Waals surface area contributed by atoms with Crippen LogP contribution in [0.15, 0.2) is 30.3 Å². The molecule has 0 bridgehead atoms. The van der Waals surface area contributed by atoms with Gasteiger partial charge in [-0.25, -0.2) is 4.79 Å². The maximum atomic E-state index is 11.7. The molecule has 1 amide bonds. The minimum atomic E-state index is -0.212. The normalized spacial score (nSPS) is 25.0. The molecule has 0 spiro atoms. The van der Waals surface area contributed by atoms with Crippen LogP contribution in [0.1, 0.15) is 32.4 Å². The molecule has 3 heteroatoms. The van der Waals surface area contributed by atoms with E-state index in [4.69, 9.17) is 4.74 Å². The summed E-state index contributed by atoms with van der Waals surface area (Å²) in [5, 5.41) is 0. The number of benzene rings is 1. The molecule has 0 N–H and O–H groups in total. The van der Waals surface area contributed by atoms with Gasteiger partial charge in [0.1, 0.15) is 6.10 Å². The molecule has 1 saturated heterocycles. The Labute approximate surface area is 96.0 Å². The topological polar surface area (TPSA) is 29.5 Å². The van der Waals surface area contributed by atoms with Crippen LogP contribution in [-0.2, 0) is 4.74 Å². The van der Waals surface area contributed by atoms with E-state index in [9.17, 15) is 4.79 Å². The van der Waals surface area contributed by atoms with Crippen molar-refractivity contribution in [3.05, 3.63) is 35.9 Å². The number of hydrogen-bond acceptors (Lipinski definition) is 2. The van der Waals surface area contributed by atoms with Crippen molar-refractivity contribution in [3.8, 4) is 0 Å². The fourth-order valence-corrected chi connectivity index (χ4v) is 2.25. The first-order chi connectivity index (χ1) is 7.61. The summed E-state index contributed by atoms with van der Waals surface area (Å²) in [6.07, 6.45) is -0.354. The summed E-state index contributed by atoms with van der Waals surface area (Å²) in [7, 11) is 0. The zero-order chi connectivity index (χ0) is 11.7. The highest BCUT2D eigenvalue weighted by molar-refractivity contribution is 5.71. The maximum Gasteiger partial charge on any atom is 0.411 e. The van der Waals surface area contributed by atoms with E-state index in [0.29, 0.717) is 0 Å². The molecular formula is C13H17NO2. The third-order valence-electron chi connectivity index (χ3n) is 3.00. The average Bonchev–Trinajstić information content (AvgIpc) is 2.55. The summed E-state index contributed by atoms with van der Waals surface area (Å²) < 4.78 is 5.42. The Morgan fingerprint density at radius 3 is 2.38 bits per heavy atom. The van der Waals surface area contributed by atoms with Gasteiger partial charge in [0.15, 0.2) is 0 Å². The highest BCUT2D eigenvalue weighted by Crippen LogP contribution is 2.33. The van der Waals surface area contributed by atoms with Gasteiger partial charge in [-0.1, -0.05) is 30.3 Å². The van der Waals surface area contributed by atoms with Crippen LogP contribution >= 0.6 is 0 Å². The number of carbonyl (C=O) groups is 1. The van der Waals surface area contributed by atoms with E-state index in [1.165, 1.54) is 0 Å². The SMILES string of the molecule is CC(C)N1C(=O)O[C@@H](c2ccccc2)[C@H]1C. The summed E-state index contributed by atoms with van der Waals surface area (Å²) >= 11 is 0. The molecule has 16 heavy (non-hydrogen) atoms. The summed E-state index contributed by atoms with van der Waals surface area (Å²) in [6, 6.07) is 10.2. The predicted molar refractivity (Wildman–Crippen MR) is 62.1 cm³/mol. The Bertz CT molecular complexity index is 375. The summed E-state index contributed by atoms with van der Waals surface area (Å²) in [4.78, 5) is 13.5. The predicted octanol–water partition coefficient (Wildman–Crippen LogP) is 2.98. The molecule has 86 valence electrons. The first kappa shape index (κ1) is 11.0. The van der Waals surface area contributed by atoms with Crippen LogP contribution in [0.25, 0.3) is 0 Å². The molecule has 1 heterocycles. The molecule has 2 rings (SSSR count). The van der Waals surface area contributed by atoms with Gasteiger partial charge in [0.25, 0.3) is 0 Å². The van der Waals surface area contributed by atoms with Crippen LogP contribution in [0.5, 0.6) is 0 Å². The number of ether oxygens (including phenoxy) is 1.